The lowest BCUT2D eigenvalue weighted by molar-refractivity contribution is -0.120. The molecule has 4 nitrogen and oxygen atoms in total. The molecule has 0 aliphatic heterocycles. The first kappa shape index (κ1) is 8.99. The van der Waals surface area contributed by atoms with Crippen LogP contribution in [0.3, 0.4) is 0 Å². The van der Waals surface area contributed by atoms with Crippen LogP contribution in [-0.4, -0.2) is 17.6 Å². The fraction of sp³-hybridized carbons (Fsp3) is 0.400. The number of carbonyl (C=O) groups is 1. The van der Waals surface area contributed by atoms with Crippen LogP contribution in [0, 0.1) is 0 Å². The predicted octanol–water partition coefficient (Wildman–Crippen LogP) is 1.55. The summed E-state index contributed by atoms with van der Waals surface area (Å²) in [4.78, 5) is 13.9. The molecule has 1 aliphatic carbocycles. The number of ether oxygens (including phenoxy) is 2. The van der Waals surface area contributed by atoms with Crippen molar-refractivity contribution in [3.05, 3.63) is 18.3 Å². The lowest BCUT2D eigenvalue weighted by atomic mass is 9.96. The molecule has 4 heteroatoms. The normalized spacial score (nSPS) is 15.7. The van der Waals surface area contributed by atoms with Gasteiger partial charge < -0.3 is 9.47 Å². The Labute approximate surface area is 81.9 Å². The van der Waals surface area contributed by atoms with E-state index in [1.807, 2.05) is 0 Å². The average Bonchev–Trinajstić information content (AvgIpc) is 2.13. The maximum absolute atomic E-state index is 10.1. The highest BCUT2D eigenvalue weighted by Crippen LogP contribution is 2.26. The van der Waals surface area contributed by atoms with Gasteiger partial charge in [-0.3, -0.25) is 4.79 Å². The number of nitrogens with zero attached hydrogens (tertiary/aromatic N) is 1. The zero-order valence-corrected chi connectivity index (χ0v) is 7.68. The second kappa shape index (κ2) is 4.09. The fourth-order valence-electron chi connectivity index (χ4n) is 1.26. The number of rotatable bonds is 4. The van der Waals surface area contributed by atoms with Gasteiger partial charge in [-0.1, -0.05) is 0 Å². The Morgan fingerprint density at radius 3 is 3.00 bits per heavy atom. The minimum absolute atomic E-state index is 0.275. The monoisotopic (exact) mass is 193 g/mol. The van der Waals surface area contributed by atoms with E-state index in [-0.39, 0.29) is 5.88 Å². The van der Waals surface area contributed by atoms with E-state index in [9.17, 15) is 4.79 Å². The lowest BCUT2D eigenvalue weighted by Crippen LogP contribution is -2.24. The van der Waals surface area contributed by atoms with Crippen molar-refractivity contribution in [2.24, 2.45) is 0 Å². The average molecular weight is 193 g/mol. The highest BCUT2D eigenvalue weighted by Gasteiger charge is 2.19. The van der Waals surface area contributed by atoms with Crippen molar-refractivity contribution in [2.45, 2.75) is 25.4 Å². The highest BCUT2D eigenvalue weighted by molar-refractivity contribution is 5.44. The molecule has 1 aromatic heterocycles. The third-order valence-corrected chi connectivity index (χ3v) is 2.23. The van der Waals surface area contributed by atoms with E-state index in [0.29, 0.717) is 18.3 Å². The van der Waals surface area contributed by atoms with Crippen molar-refractivity contribution in [1.82, 2.24) is 4.98 Å². The molecule has 14 heavy (non-hydrogen) atoms. The van der Waals surface area contributed by atoms with Gasteiger partial charge in [-0.2, -0.15) is 0 Å². The van der Waals surface area contributed by atoms with E-state index in [4.69, 9.17) is 4.74 Å². The van der Waals surface area contributed by atoms with Crippen LogP contribution in [0.25, 0.3) is 0 Å². The summed E-state index contributed by atoms with van der Waals surface area (Å²) < 4.78 is 10.2. The summed E-state index contributed by atoms with van der Waals surface area (Å²) in [5, 5.41) is 0. The summed E-state index contributed by atoms with van der Waals surface area (Å²) >= 11 is 0. The number of pyridine rings is 1. The van der Waals surface area contributed by atoms with Gasteiger partial charge in [0.05, 0.1) is 6.10 Å². The van der Waals surface area contributed by atoms with Crippen LogP contribution in [0.1, 0.15) is 19.3 Å². The van der Waals surface area contributed by atoms with Crippen molar-refractivity contribution in [3.8, 4) is 11.6 Å². The minimum Gasteiger partial charge on any atom is -0.490 e. The first-order chi connectivity index (χ1) is 6.88. The summed E-state index contributed by atoms with van der Waals surface area (Å²) in [6.07, 6.45) is 5.32. The first-order valence-electron chi connectivity index (χ1n) is 4.61. The molecule has 0 bridgehead atoms. The molecule has 2 rings (SSSR count). The Morgan fingerprint density at radius 2 is 2.36 bits per heavy atom. The number of hydrogen-bond acceptors (Lipinski definition) is 4. The zero-order chi connectivity index (χ0) is 9.80. The van der Waals surface area contributed by atoms with E-state index >= 15 is 0 Å². The quantitative estimate of drug-likeness (QED) is 0.680. The molecule has 1 fully saturated rings. The summed E-state index contributed by atoms with van der Waals surface area (Å²) in [6.45, 7) is 0.357. The second-order valence-corrected chi connectivity index (χ2v) is 3.21. The molecular weight excluding hydrogens is 182 g/mol. The van der Waals surface area contributed by atoms with Gasteiger partial charge in [-0.05, 0) is 25.3 Å². The Balaban J connectivity index is 2.01. The van der Waals surface area contributed by atoms with Crippen LogP contribution in [0.15, 0.2) is 18.3 Å². The Kier molecular flexibility index (Phi) is 2.62. The largest absolute Gasteiger partial charge is 0.490 e. The predicted molar refractivity (Wildman–Crippen MR) is 49.2 cm³/mol. The number of aromatic nitrogens is 1. The Hall–Kier alpha value is -1.58. The Bertz CT molecular complexity index is 323. The second-order valence-electron chi connectivity index (χ2n) is 3.21. The molecule has 1 saturated carbocycles. The van der Waals surface area contributed by atoms with Crippen molar-refractivity contribution < 1.29 is 14.3 Å². The van der Waals surface area contributed by atoms with E-state index in [1.54, 1.807) is 18.3 Å². The van der Waals surface area contributed by atoms with Crippen molar-refractivity contribution in [3.63, 3.8) is 0 Å². The van der Waals surface area contributed by atoms with Gasteiger partial charge >= 0.3 is 0 Å². The van der Waals surface area contributed by atoms with Crippen LogP contribution in [0.4, 0.5) is 0 Å². The standard InChI is InChI=1S/C10H11NO3/c12-7-13-10-6-9(4-5-11-10)14-8-2-1-3-8/h4-8H,1-3H2. The van der Waals surface area contributed by atoms with Gasteiger partial charge in [-0.15, -0.1) is 0 Å². The lowest BCUT2D eigenvalue weighted by Gasteiger charge is -2.26. The van der Waals surface area contributed by atoms with Crippen LogP contribution in [0.2, 0.25) is 0 Å². The Morgan fingerprint density at radius 1 is 1.50 bits per heavy atom. The number of carbonyl (C=O) groups excluding carboxylic acids is 1. The number of hydrogen-bond donors (Lipinski definition) is 0. The molecular formula is C10H11NO3. The molecule has 0 radical (unpaired) electrons. The van der Waals surface area contributed by atoms with Crippen LogP contribution >= 0.6 is 0 Å². The van der Waals surface area contributed by atoms with E-state index < -0.39 is 0 Å². The van der Waals surface area contributed by atoms with Gasteiger partial charge in [0, 0.05) is 12.3 Å². The fourth-order valence-corrected chi connectivity index (χ4v) is 1.26. The molecule has 1 aromatic rings. The molecule has 0 N–H and O–H groups in total. The summed E-state index contributed by atoms with van der Waals surface area (Å²) in [5.74, 6) is 0.985. The third-order valence-electron chi connectivity index (χ3n) is 2.23. The summed E-state index contributed by atoms with van der Waals surface area (Å²) in [7, 11) is 0. The van der Waals surface area contributed by atoms with Crippen molar-refractivity contribution >= 4 is 6.47 Å². The van der Waals surface area contributed by atoms with Crippen LogP contribution in [-0.2, 0) is 4.79 Å². The first-order valence-corrected chi connectivity index (χ1v) is 4.61. The van der Waals surface area contributed by atoms with E-state index in [2.05, 4.69) is 9.72 Å². The van der Waals surface area contributed by atoms with E-state index in [1.165, 1.54) is 6.42 Å². The molecule has 0 amide bonds. The SMILES string of the molecule is O=COc1cc(OC2CCC2)ccn1. The molecule has 0 spiro atoms. The molecule has 0 aromatic carbocycles. The third kappa shape index (κ3) is 2.02. The topological polar surface area (TPSA) is 48.4 Å². The highest BCUT2D eigenvalue weighted by atomic mass is 16.5. The van der Waals surface area contributed by atoms with Crippen molar-refractivity contribution in [2.75, 3.05) is 0 Å². The van der Waals surface area contributed by atoms with Crippen LogP contribution < -0.4 is 9.47 Å². The molecule has 74 valence electrons. The molecule has 1 aliphatic rings. The van der Waals surface area contributed by atoms with Gasteiger partial charge in [0.25, 0.3) is 6.47 Å². The molecule has 0 unspecified atom stereocenters. The van der Waals surface area contributed by atoms with Gasteiger partial charge in [0.15, 0.2) is 0 Å². The molecule has 0 saturated heterocycles. The van der Waals surface area contributed by atoms with Gasteiger partial charge in [0.2, 0.25) is 5.88 Å². The molecule has 0 atom stereocenters. The molecule has 1 heterocycles. The van der Waals surface area contributed by atoms with Crippen molar-refractivity contribution in [1.29, 1.82) is 0 Å². The summed E-state index contributed by atoms with van der Waals surface area (Å²) in [6, 6.07) is 3.38. The maximum Gasteiger partial charge on any atom is 0.299 e. The van der Waals surface area contributed by atoms with Gasteiger partial charge in [-0.25, -0.2) is 4.98 Å². The summed E-state index contributed by atoms with van der Waals surface area (Å²) in [5.41, 5.74) is 0. The van der Waals surface area contributed by atoms with Gasteiger partial charge in [0.1, 0.15) is 5.75 Å². The van der Waals surface area contributed by atoms with E-state index in [0.717, 1.165) is 12.8 Å². The van der Waals surface area contributed by atoms with Crippen LogP contribution in [0.5, 0.6) is 11.6 Å². The smallest absolute Gasteiger partial charge is 0.299 e. The minimum atomic E-state index is 0.275. The maximum atomic E-state index is 10.1. The zero-order valence-electron chi connectivity index (χ0n) is 7.68.